The van der Waals surface area contributed by atoms with Crippen LogP contribution in [0.25, 0.3) is 22.3 Å². The third-order valence-electron chi connectivity index (χ3n) is 2.78. The molecule has 2 heterocycles. The number of aromatic nitrogens is 4. The van der Waals surface area contributed by atoms with Crippen LogP contribution in [-0.4, -0.2) is 20.4 Å². The topological polar surface area (TPSA) is 81.2 Å². The first-order valence-corrected chi connectivity index (χ1v) is 5.41. The van der Waals surface area contributed by atoms with E-state index in [4.69, 9.17) is 0 Å². The number of nitrogens with one attached hydrogen (secondary N) is 2. The molecule has 0 aliphatic carbocycles. The maximum absolute atomic E-state index is 9.24. The lowest BCUT2D eigenvalue weighted by Crippen LogP contribution is -1.84. The van der Waals surface area contributed by atoms with Crippen molar-refractivity contribution < 1.29 is 0 Å². The van der Waals surface area contributed by atoms with Gasteiger partial charge in [0.2, 0.25) is 0 Å². The first-order valence-electron chi connectivity index (χ1n) is 5.41. The molecule has 2 aromatic heterocycles. The molecule has 0 atom stereocenters. The van der Waals surface area contributed by atoms with Gasteiger partial charge in [-0.2, -0.15) is 15.5 Å². The highest BCUT2D eigenvalue weighted by atomic mass is 15.1. The molecule has 2 N–H and O–H groups in total. The Bertz CT molecular complexity index is 690. The smallest absolute Gasteiger partial charge is 0.0998 e. The van der Waals surface area contributed by atoms with Gasteiger partial charge in [0.1, 0.15) is 0 Å². The molecule has 5 heteroatoms. The number of H-pyrrole nitrogens is 2. The summed E-state index contributed by atoms with van der Waals surface area (Å²) in [5, 5.41) is 22.5. The van der Waals surface area contributed by atoms with Crippen molar-refractivity contribution in [3.63, 3.8) is 0 Å². The van der Waals surface area contributed by atoms with E-state index in [2.05, 4.69) is 26.5 Å². The van der Waals surface area contributed by atoms with Gasteiger partial charge < -0.3 is 0 Å². The van der Waals surface area contributed by atoms with Gasteiger partial charge in [-0.15, -0.1) is 0 Å². The van der Waals surface area contributed by atoms with Crippen LogP contribution in [0.2, 0.25) is 0 Å². The second kappa shape index (κ2) is 4.18. The van der Waals surface area contributed by atoms with Crippen molar-refractivity contribution in [3.8, 4) is 28.3 Å². The molecule has 0 aliphatic heterocycles. The van der Waals surface area contributed by atoms with Crippen LogP contribution >= 0.6 is 0 Å². The van der Waals surface area contributed by atoms with Crippen LogP contribution in [0.3, 0.4) is 0 Å². The molecule has 0 radical (unpaired) electrons. The first kappa shape index (κ1) is 10.3. The largest absolute Gasteiger partial charge is 0.285 e. The molecule has 18 heavy (non-hydrogen) atoms. The Morgan fingerprint density at radius 2 is 1.67 bits per heavy atom. The van der Waals surface area contributed by atoms with Crippen LogP contribution in [0, 0.1) is 11.3 Å². The minimum absolute atomic E-state index is 0.620. The summed E-state index contributed by atoms with van der Waals surface area (Å²) in [7, 11) is 0. The van der Waals surface area contributed by atoms with Crippen LogP contribution in [-0.2, 0) is 0 Å². The molecule has 0 unspecified atom stereocenters. The SMILES string of the molecule is N#Cc1cc(-c2cn[nH]c2)ccc1-c1cn[nH]c1. The predicted molar refractivity (Wildman–Crippen MR) is 66.3 cm³/mol. The summed E-state index contributed by atoms with van der Waals surface area (Å²) in [4.78, 5) is 0. The summed E-state index contributed by atoms with van der Waals surface area (Å²) in [6, 6.07) is 7.96. The van der Waals surface area contributed by atoms with Crippen LogP contribution in [0.15, 0.2) is 43.0 Å². The fourth-order valence-electron chi connectivity index (χ4n) is 1.87. The zero-order chi connectivity index (χ0) is 12.4. The van der Waals surface area contributed by atoms with Gasteiger partial charge in [-0.25, -0.2) is 0 Å². The van der Waals surface area contributed by atoms with Gasteiger partial charge in [-0.3, -0.25) is 10.2 Å². The van der Waals surface area contributed by atoms with Crippen molar-refractivity contribution in [2.45, 2.75) is 0 Å². The summed E-state index contributed by atoms with van der Waals surface area (Å²) >= 11 is 0. The molecular formula is C13H9N5. The quantitative estimate of drug-likeness (QED) is 0.715. The van der Waals surface area contributed by atoms with Gasteiger partial charge in [0.25, 0.3) is 0 Å². The Balaban J connectivity index is 2.12. The van der Waals surface area contributed by atoms with E-state index in [-0.39, 0.29) is 0 Å². The molecule has 0 amide bonds. The van der Waals surface area contributed by atoms with E-state index in [1.54, 1.807) is 24.8 Å². The highest BCUT2D eigenvalue weighted by molar-refractivity contribution is 5.75. The number of nitrogens with zero attached hydrogens (tertiary/aromatic N) is 3. The van der Waals surface area contributed by atoms with Crippen LogP contribution < -0.4 is 0 Å². The summed E-state index contributed by atoms with van der Waals surface area (Å²) in [6.45, 7) is 0. The molecule has 0 saturated heterocycles. The molecule has 1 aromatic carbocycles. The Hall–Kier alpha value is -2.87. The van der Waals surface area contributed by atoms with Gasteiger partial charge in [0.15, 0.2) is 0 Å². The van der Waals surface area contributed by atoms with Crippen molar-refractivity contribution in [1.82, 2.24) is 20.4 Å². The van der Waals surface area contributed by atoms with Gasteiger partial charge in [-0.05, 0) is 11.6 Å². The average molecular weight is 235 g/mol. The minimum Gasteiger partial charge on any atom is -0.285 e. The summed E-state index contributed by atoms with van der Waals surface area (Å²) in [6.07, 6.45) is 7.00. The summed E-state index contributed by atoms with van der Waals surface area (Å²) in [5.41, 5.74) is 4.33. The summed E-state index contributed by atoms with van der Waals surface area (Å²) in [5.74, 6) is 0. The molecule has 0 fully saturated rings. The minimum atomic E-state index is 0.620. The Kier molecular flexibility index (Phi) is 2.39. The fraction of sp³-hybridized carbons (Fsp3) is 0. The van der Waals surface area contributed by atoms with Crippen LogP contribution in [0.5, 0.6) is 0 Å². The van der Waals surface area contributed by atoms with Gasteiger partial charge in [0, 0.05) is 29.1 Å². The maximum atomic E-state index is 9.24. The highest BCUT2D eigenvalue weighted by Crippen LogP contribution is 2.27. The van der Waals surface area contributed by atoms with Gasteiger partial charge in [-0.1, -0.05) is 12.1 Å². The second-order valence-corrected chi connectivity index (χ2v) is 3.85. The van der Waals surface area contributed by atoms with E-state index in [9.17, 15) is 5.26 Å². The van der Waals surface area contributed by atoms with Crippen molar-refractivity contribution in [2.24, 2.45) is 0 Å². The van der Waals surface area contributed by atoms with E-state index in [1.807, 2.05) is 18.2 Å². The second-order valence-electron chi connectivity index (χ2n) is 3.85. The molecule has 5 nitrogen and oxygen atoms in total. The first-order chi connectivity index (χ1) is 8.88. The van der Waals surface area contributed by atoms with Gasteiger partial charge in [0.05, 0.1) is 24.0 Å². The molecular weight excluding hydrogens is 226 g/mol. The van der Waals surface area contributed by atoms with E-state index in [1.165, 1.54) is 0 Å². The van der Waals surface area contributed by atoms with E-state index in [0.29, 0.717) is 5.56 Å². The predicted octanol–water partition coefficient (Wildman–Crippen LogP) is 2.34. The molecule has 3 rings (SSSR count). The van der Waals surface area contributed by atoms with Crippen molar-refractivity contribution in [1.29, 1.82) is 5.26 Å². The van der Waals surface area contributed by atoms with Crippen LogP contribution in [0.4, 0.5) is 0 Å². The lowest BCUT2D eigenvalue weighted by Gasteiger charge is -2.03. The average Bonchev–Trinajstić information content (AvgIpc) is 3.11. The van der Waals surface area contributed by atoms with E-state index < -0.39 is 0 Å². The molecule has 86 valence electrons. The standard InChI is InChI=1S/C13H9N5/c14-4-10-3-9(11-5-15-16-6-11)1-2-13(10)12-7-17-18-8-12/h1-3,5-8H,(H,15,16)(H,17,18). The zero-order valence-electron chi connectivity index (χ0n) is 9.38. The van der Waals surface area contributed by atoms with Crippen LogP contribution in [0.1, 0.15) is 5.56 Å². The molecule has 0 aliphatic rings. The fourth-order valence-corrected chi connectivity index (χ4v) is 1.87. The van der Waals surface area contributed by atoms with Crippen molar-refractivity contribution >= 4 is 0 Å². The lowest BCUT2D eigenvalue weighted by atomic mass is 9.98. The number of nitriles is 1. The number of rotatable bonds is 2. The normalized spacial score (nSPS) is 10.2. The summed E-state index contributed by atoms with van der Waals surface area (Å²) < 4.78 is 0. The Morgan fingerprint density at radius 3 is 2.28 bits per heavy atom. The molecule has 0 spiro atoms. The maximum Gasteiger partial charge on any atom is 0.0998 e. The van der Waals surface area contributed by atoms with E-state index >= 15 is 0 Å². The molecule has 0 bridgehead atoms. The number of hydrogen-bond donors (Lipinski definition) is 2. The van der Waals surface area contributed by atoms with Crippen molar-refractivity contribution in [2.75, 3.05) is 0 Å². The zero-order valence-corrected chi connectivity index (χ0v) is 9.38. The third-order valence-corrected chi connectivity index (χ3v) is 2.78. The Labute approximate surface area is 103 Å². The molecule has 0 saturated carbocycles. The molecule has 3 aromatic rings. The lowest BCUT2D eigenvalue weighted by molar-refractivity contribution is 1.09. The number of hydrogen-bond acceptors (Lipinski definition) is 3. The monoisotopic (exact) mass is 235 g/mol. The number of benzene rings is 1. The van der Waals surface area contributed by atoms with Gasteiger partial charge >= 0.3 is 0 Å². The number of aromatic amines is 2. The van der Waals surface area contributed by atoms with Crippen molar-refractivity contribution in [3.05, 3.63) is 48.5 Å². The third kappa shape index (κ3) is 1.66. The highest BCUT2D eigenvalue weighted by Gasteiger charge is 2.08. The Morgan fingerprint density at radius 1 is 0.944 bits per heavy atom. The van der Waals surface area contributed by atoms with E-state index in [0.717, 1.165) is 22.3 Å².